The summed E-state index contributed by atoms with van der Waals surface area (Å²) in [6.07, 6.45) is 4.78. The lowest BCUT2D eigenvalue weighted by atomic mass is 9.90. The Balaban J connectivity index is 1.49. The Morgan fingerprint density at radius 3 is 2.59 bits per heavy atom. The Bertz CT molecular complexity index is 1270. The molecule has 0 radical (unpaired) electrons. The molecule has 0 saturated heterocycles. The van der Waals surface area contributed by atoms with E-state index in [9.17, 15) is 14.4 Å². The van der Waals surface area contributed by atoms with Crippen LogP contribution in [0, 0.1) is 5.92 Å². The van der Waals surface area contributed by atoms with E-state index < -0.39 is 11.3 Å². The first kappa shape index (κ1) is 21.9. The average Bonchev–Trinajstić information content (AvgIpc) is 2.81. The number of pyridine rings is 1. The van der Waals surface area contributed by atoms with Crippen LogP contribution in [-0.2, 0) is 25.4 Å². The van der Waals surface area contributed by atoms with Crippen LogP contribution in [0.15, 0.2) is 54.8 Å². The van der Waals surface area contributed by atoms with Gasteiger partial charge in [0.15, 0.2) is 0 Å². The Labute approximate surface area is 182 Å². The first-order valence-corrected chi connectivity index (χ1v) is 10.2. The summed E-state index contributed by atoms with van der Waals surface area (Å²) in [6, 6.07) is 7.11. The molecule has 4 rings (SSSR count). The van der Waals surface area contributed by atoms with E-state index in [1.54, 1.807) is 38.5 Å². The van der Waals surface area contributed by atoms with Crippen molar-refractivity contribution in [3.05, 3.63) is 63.0 Å². The molecule has 1 aromatic carbocycles. The number of carbonyl (C=O) groups is 1. The minimum absolute atomic E-state index is 0.0747. The lowest BCUT2D eigenvalue weighted by Gasteiger charge is -2.32. The van der Waals surface area contributed by atoms with Crippen molar-refractivity contribution < 1.29 is 27.8 Å². The van der Waals surface area contributed by atoms with Crippen molar-refractivity contribution in [3.8, 4) is 0 Å². The number of methoxy groups -OCH3 is 2. The SMILES string of the molecule is COC1CC=CC(COC(=O)CCc2nc3oc(=O)c(=O)oc3c3ccccc23)C1OC. The maximum atomic E-state index is 12.4. The van der Waals surface area contributed by atoms with E-state index >= 15 is 0 Å². The molecule has 0 bridgehead atoms. The van der Waals surface area contributed by atoms with Crippen LogP contribution in [-0.4, -0.2) is 44.0 Å². The largest absolute Gasteiger partial charge is 0.465 e. The highest BCUT2D eigenvalue weighted by Crippen LogP contribution is 2.26. The highest BCUT2D eigenvalue weighted by atomic mass is 16.5. The molecule has 9 nitrogen and oxygen atoms in total. The Morgan fingerprint density at radius 1 is 1.09 bits per heavy atom. The molecule has 1 aliphatic rings. The highest BCUT2D eigenvalue weighted by Gasteiger charge is 2.31. The van der Waals surface area contributed by atoms with Crippen LogP contribution in [0.4, 0.5) is 0 Å². The van der Waals surface area contributed by atoms with Crippen molar-refractivity contribution >= 4 is 28.0 Å². The van der Waals surface area contributed by atoms with E-state index in [2.05, 4.69) is 4.98 Å². The number of aryl methyl sites for hydroxylation is 1. The standard InChI is InChI=1S/C23H23NO8/c1-28-17-9-5-6-13(19(17)29-2)12-30-18(25)11-10-16-14-7-3-4-8-15(14)20-21(24-16)32-23(27)22(26)31-20/h3-8,13,17,19H,9-12H2,1-2H3. The first-order valence-electron chi connectivity index (χ1n) is 10.2. The predicted octanol–water partition coefficient (Wildman–Crippen LogP) is 2.38. The zero-order chi connectivity index (χ0) is 22.7. The summed E-state index contributed by atoms with van der Waals surface area (Å²) >= 11 is 0. The van der Waals surface area contributed by atoms with Gasteiger partial charge in [0.05, 0.1) is 24.3 Å². The van der Waals surface area contributed by atoms with Crippen LogP contribution in [0.1, 0.15) is 18.5 Å². The number of benzene rings is 1. The molecule has 3 unspecified atom stereocenters. The maximum absolute atomic E-state index is 12.4. The molecular formula is C23H23NO8. The number of rotatable bonds is 7. The van der Waals surface area contributed by atoms with Crippen molar-refractivity contribution in [3.63, 3.8) is 0 Å². The maximum Gasteiger partial charge on any atom is 0.424 e. The summed E-state index contributed by atoms with van der Waals surface area (Å²) in [5.41, 5.74) is -1.68. The van der Waals surface area contributed by atoms with E-state index in [0.29, 0.717) is 16.5 Å². The molecule has 2 aromatic heterocycles. The molecule has 9 heteroatoms. The molecule has 32 heavy (non-hydrogen) atoms. The van der Waals surface area contributed by atoms with Gasteiger partial charge in [-0.05, 0) is 6.42 Å². The second-order valence-corrected chi connectivity index (χ2v) is 7.50. The normalized spacial score (nSPS) is 20.6. The summed E-state index contributed by atoms with van der Waals surface area (Å²) in [4.78, 5) is 39.9. The van der Waals surface area contributed by atoms with Crippen LogP contribution in [0.2, 0.25) is 0 Å². The smallest absolute Gasteiger partial charge is 0.424 e. The molecule has 0 N–H and O–H groups in total. The minimum atomic E-state index is -1.13. The van der Waals surface area contributed by atoms with E-state index in [4.69, 9.17) is 23.0 Å². The number of carbonyl (C=O) groups excluding carboxylic acids is 1. The quantitative estimate of drug-likeness (QED) is 0.236. The zero-order valence-corrected chi connectivity index (χ0v) is 17.7. The third-order valence-electron chi connectivity index (χ3n) is 5.58. The second kappa shape index (κ2) is 9.46. The van der Waals surface area contributed by atoms with Crippen molar-refractivity contribution in [2.75, 3.05) is 20.8 Å². The lowest BCUT2D eigenvalue weighted by molar-refractivity contribution is -0.147. The van der Waals surface area contributed by atoms with Crippen molar-refractivity contribution in [1.82, 2.24) is 4.98 Å². The Morgan fingerprint density at radius 2 is 1.84 bits per heavy atom. The third kappa shape index (κ3) is 4.35. The Hall–Kier alpha value is -3.30. The fraction of sp³-hybridized carbons (Fsp3) is 0.391. The van der Waals surface area contributed by atoms with E-state index in [1.807, 2.05) is 12.2 Å². The number of hydrogen-bond acceptors (Lipinski definition) is 9. The summed E-state index contributed by atoms with van der Waals surface area (Å²) in [6.45, 7) is 0.180. The van der Waals surface area contributed by atoms with Gasteiger partial charge < -0.3 is 23.0 Å². The number of aromatic nitrogens is 1. The summed E-state index contributed by atoms with van der Waals surface area (Å²) in [7, 11) is 3.24. The monoisotopic (exact) mass is 441 g/mol. The molecule has 0 amide bonds. The topological polar surface area (TPSA) is 118 Å². The number of fused-ring (bicyclic) bond motifs is 3. The predicted molar refractivity (Wildman–Crippen MR) is 114 cm³/mol. The van der Waals surface area contributed by atoms with Gasteiger partial charge in [0.2, 0.25) is 5.58 Å². The van der Waals surface area contributed by atoms with E-state index in [-0.39, 0.29) is 54.8 Å². The average molecular weight is 441 g/mol. The Kier molecular flexibility index (Phi) is 6.48. The van der Waals surface area contributed by atoms with Crippen molar-refractivity contribution in [2.45, 2.75) is 31.5 Å². The number of hydrogen-bond donors (Lipinski definition) is 0. The fourth-order valence-corrected chi connectivity index (χ4v) is 4.00. The van der Waals surface area contributed by atoms with Crippen LogP contribution in [0.25, 0.3) is 22.1 Å². The lowest BCUT2D eigenvalue weighted by Crippen LogP contribution is -2.40. The molecule has 3 atom stereocenters. The van der Waals surface area contributed by atoms with Gasteiger partial charge in [-0.15, -0.1) is 0 Å². The summed E-state index contributed by atoms with van der Waals surface area (Å²) in [5.74, 6) is -0.487. The van der Waals surface area contributed by atoms with Gasteiger partial charge in [0.25, 0.3) is 5.71 Å². The van der Waals surface area contributed by atoms with Crippen LogP contribution < -0.4 is 11.3 Å². The van der Waals surface area contributed by atoms with Gasteiger partial charge in [0.1, 0.15) is 6.61 Å². The number of esters is 1. The van der Waals surface area contributed by atoms with E-state index in [1.165, 1.54) is 0 Å². The summed E-state index contributed by atoms with van der Waals surface area (Å²) < 4.78 is 26.5. The van der Waals surface area contributed by atoms with Crippen LogP contribution >= 0.6 is 0 Å². The van der Waals surface area contributed by atoms with Gasteiger partial charge in [-0.1, -0.05) is 36.4 Å². The molecular weight excluding hydrogens is 418 g/mol. The van der Waals surface area contributed by atoms with Gasteiger partial charge >= 0.3 is 17.2 Å². The molecule has 0 fully saturated rings. The van der Waals surface area contributed by atoms with Crippen molar-refractivity contribution in [1.29, 1.82) is 0 Å². The first-order chi connectivity index (χ1) is 15.5. The highest BCUT2D eigenvalue weighted by molar-refractivity contribution is 6.01. The summed E-state index contributed by atoms with van der Waals surface area (Å²) in [5, 5.41) is 1.27. The minimum Gasteiger partial charge on any atom is -0.465 e. The fourth-order valence-electron chi connectivity index (χ4n) is 4.00. The van der Waals surface area contributed by atoms with Gasteiger partial charge in [-0.25, -0.2) is 14.6 Å². The molecule has 1 aliphatic carbocycles. The van der Waals surface area contributed by atoms with Gasteiger partial charge in [-0.3, -0.25) is 4.79 Å². The zero-order valence-electron chi connectivity index (χ0n) is 17.7. The van der Waals surface area contributed by atoms with Crippen LogP contribution in [0.3, 0.4) is 0 Å². The van der Waals surface area contributed by atoms with Crippen LogP contribution in [0.5, 0.6) is 0 Å². The van der Waals surface area contributed by atoms with Crippen molar-refractivity contribution in [2.24, 2.45) is 5.92 Å². The molecule has 168 valence electrons. The molecule has 3 aromatic rings. The molecule has 0 aliphatic heterocycles. The van der Waals surface area contributed by atoms with E-state index in [0.717, 1.165) is 6.42 Å². The number of ether oxygens (including phenoxy) is 3. The molecule has 0 spiro atoms. The molecule has 2 heterocycles. The van der Waals surface area contributed by atoms with Gasteiger partial charge in [0, 0.05) is 37.3 Å². The third-order valence-corrected chi connectivity index (χ3v) is 5.58. The molecule has 0 saturated carbocycles. The second-order valence-electron chi connectivity index (χ2n) is 7.50. The van der Waals surface area contributed by atoms with Gasteiger partial charge in [-0.2, -0.15) is 0 Å². The number of nitrogens with zero attached hydrogens (tertiary/aromatic N) is 1.